The zero-order chi connectivity index (χ0) is 14.9. The number of hydrogen-bond acceptors (Lipinski definition) is 4. The summed E-state index contributed by atoms with van der Waals surface area (Å²) in [4.78, 5) is 3.24. The maximum Gasteiger partial charge on any atom is 0.189 e. The molecule has 0 saturated carbocycles. The van der Waals surface area contributed by atoms with Crippen LogP contribution in [0.15, 0.2) is 54.7 Å². The average molecular weight is 291 g/mol. The second kappa shape index (κ2) is 5.00. The molecular weight excluding hydrogens is 278 g/mol. The zero-order valence-corrected chi connectivity index (χ0v) is 11.9. The number of aromatic nitrogens is 5. The molecule has 0 atom stereocenters. The van der Waals surface area contributed by atoms with Gasteiger partial charge in [-0.1, -0.05) is 18.2 Å². The Morgan fingerprint density at radius 3 is 2.68 bits per heavy atom. The third-order valence-electron chi connectivity index (χ3n) is 3.62. The van der Waals surface area contributed by atoms with Crippen molar-refractivity contribution in [2.45, 2.75) is 0 Å². The molecule has 0 radical (unpaired) electrons. The Balaban J connectivity index is 1.85. The second-order valence-electron chi connectivity index (χ2n) is 4.86. The lowest BCUT2D eigenvalue weighted by atomic mass is 10.1. The molecule has 0 aliphatic carbocycles. The minimum absolute atomic E-state index is 0.697. The van der Waals surface area contributed by atoms with Gasteiger partial charge in [-0.05, 0) is 40.8 Å². The lowest BCUT2D eigenvalue weighted by Gasteiger charge is -2.05. The van der Waals surface area contributed by atoms with E-state index in [4.69, 9.17) is 4.74 Å². The quantitative estimate of drug-likeness (QED) is 0.630. The van der Waals surface area contributed by atoms with Gasteiger partial charge in [0.25, 0.3) is 0 Å². The molecule has 1 N–H and O–H groups in total. The lowest BCUT2D eigenvalue weighted by Crippen LogP contribution is -1.99. The normalized spacial score (nSPS) is 11.0. The molecule has 4 rings (SSSR count). The number of nitrogens with one attached hydrogen (secondary N) is 1. The van der Waals surface area contributed by atoms with E-state index in [9.17, 15) is 0 Å². The highest BCUT2D eigenvalue weighted by Crippen LogP contribution is 2.28. The molecular formula is C16H13N5O. The summed E-state index contributed by atoms with van der Waals surface area (Å²) in [6.45, 7) is 0. The monoisotopic (exact) mass is 291 g/mol. The molecule has 0 saturated heterocycles. The molecule has 0 unspecified atom stereocenters. The zero-order valence-electron chi connectivity index (χ0n) is 11.9. The maximum atomic E-state index is 5.18. The van der Waals surface area contributed by atoms with Crippen molar-refractivity contribution in [1.29, 1.82) is 0 Å². The Hall–Kier alpha value is -3.15. The van der Waals surface area contributed by atoms with E-state index in [0.717, 1.165) is 27.9 Å². The van der Waals surface area contributed by atoms with E-state index >= 15 is 0 Å². The first-order chi connectivity index (χ1) is 10.9. The summed E-state index contributed by atoms with van der Waals surface area (Å²) < 4.78 is 6.90. The number of hydrogen-bond donors (Lipinski definition) is 1. The van der Waals surface area contributed by atoms with Gasteiger partial charge in [-0.2, -0.15) is 4.68 Å². The van der Waals surface area contributed by atoms with Gasteiger partial charge in [0, 0.05) is 22.7 Å². The van der Waals surface area contributed by atoms with E-state index in [0.29, 0.717) is 5.82 Å². The topological polar surface area (TPSA) is 68.6 Å². The number of methoxy groups -OCH3 is 1. The molecule has 0 amide bonds. The Morgan fingerprint density at radius 2 is 1.86 bits per heavy atom. The summed E-state index contributed by atoms with van der Waals surface area (Å²) in [5, 5.41) is 13.2. The van der Waals surface area contributed by atoms with Crippen LogP contribution in [0.5, 0.6) is 5.75 Å². The number of rotatable bonds is 3. The van der Waals surface area contributed by atoms with Crippen molar-refractivity contribution >= 4 is 10.9 Å². The van der Waals surface area contributed by atoms with Crippen LogP contribution in [0, 0.1) is 0 Å². The number of tetrazole rings is 1. The molecule has 0 aliphatic heterocycles. The van der Waals surface area contributed by atoms with Gasteiger partial charge in [-0.3, -0.25) is 0 Å². The molecule has 4 aromatic rings. The highest BCUT2D eigenvalue weighted by atomic mass is 16.5. The fraction of sp³-hybridized carbons (Fsp3) is 0.0625. The summed E-state index contributed by atoms with van der Waals surface area (Å²) in [5.41, 5.74) is 2.91. The molecule has 108 valence electrons. The standard InChI is InChI=1S/C16H13N5O/c1-22-12-8-6-11(7-9-12)21-16(18-19-20-21)14-10-17-15-5-3-2-4-13(14)15/h2-10,17H,1H3. The minimum atomic E-state index is 0.697. The van der Waals surface area contributed by atoms with Gasteiger partial charge in [0.1, 0.15) is 5.75 Å². The van der Waals surface area contributed by atoms with Gasteiger partial charge in [0.2, 0.25) is 0 Å². The van der Waals surface area contributed by atoms with Gasteiger partial charge in [0.15, 0.2) is 5.82 Å². The summed E-state index contributed by atoms with van der Waals surface area (Å²) in [6, 6.07) is 15.7. The van der Waals surface area contributed by atoms with Crippen LogP contribution in [-0.2, 0) is 0 Å². The van der Waals surface area contributed by atoms with Crippen LogP contribution in [-0.4, -0.2) is 32.3 Å². The third-order valence-corrected chi connectivity index (χ3v) is 3.62. The highest BCUT2D eigenvalue weighted by molar-refractivity contribution is 5.93. The lowest BCUT2D eigenvalue weighted by molar-refractivity contribution is 0.414. The predicted molar refractivity (Wildman–Crippen MR) is 83.0 cm³/mol. The van der Waals surface area contributed by atoms with E-state index in [1.165, 1.54) is 0 Å². The molecule has 6 nitrogen and oxygen atoms in total. The van der Waals surface area contributed by atoms with Crippen LogP contribution in [0.3, 0.4) is 0 Å². The smallest absolute Gasteiger partial charge is 0.189 e. The van der Waals surface area contributed by atoms with Crippen molar-refractivity contribution in [3.8, 4) is 22.8 Å². The number of benzene rings is 2. The van der Waals surface area contributed by atoms with Gasteiger partial charge in [-0.25, -0.2) is 0 Å². The number of para-hydroxylation sites is 1. The molecule has 2 aromatic heterocycles. The summed E-state index contributed by atoms with van der Waals surface area (Å²) in [5.74, 6) is 1.49. The van der Waals surface area contributed by atoms with E-state index in [2.05, 4.69) is 20.5 Å². The number of nitrogens with zero attached hydrogens (tertiary/aromatic N) is 4. The van der Waals surface area contributed by atoms with Crippen LogP contribution in [0.25, 0.3) is 28.0 Å². The molecule has 22 heavy (non-hydrogen) atoms. The first kappa shape index (κ1) is 12.6. The molecule has 2 aromatic carbocycles. The Morgan fingerprint density at radius 1 is 1.05 bits per heavy atom. The Bertz CT molecular complexity index is 923. The second-order valence-corrected chi connectivity index (χ2v) is 4.86. The highest BCUT2D eigenvalue weighted by Gasteiger charge is 2.14. The van der Waals surface area contributed by atoms with Crippen LogP contribution in [0.1, 0.15) is 0 Å². The molecule has 0 spiro atoms. The number of fused-ring (bicyclic) bond motifs is 1. The first-order valence-electron chi connectivity index (χ1n) is 6.86. The van der Waals surface area contributed by atoms with E-state index in [-0.39, 0.29) is 0 Å². The number of aromatic amines is 1. The third kappa shape index (κ3) is 1.93. The molecule has 0 aliphatic rings. The van der Waals surface area contributed by atoms with Gasteiger partial charge < -0.3 is 9.72 Å². The van der Waals surface area contributed by atoms with E-state index < -0.39 is 0 Å². The molecule has 6 heteroatoms. The van der Waals surface area contributed by atoms with E-state index in [1.54, 1.807) is 11.8 Å². The summed E-state index contributed by atoms with van der Waals surface area (Å²) in [7, 11) is 1.64. The van der Waals surface area contributed by atoms with Crippen molar-refractivity contribution in [2.24, 2.45) is 0 Å². The van der Waals surface area contributed by atoms with Crippen LogP contribution < -0.4 is 4.74 Å². The SMILES string of the molecule is COc1ccc(-n2nnnc2-c2c[nH]c3ccccc23)cc1. The van der Waals surface area contributed by atoms with Crippen molar-refractivity contribution in [3.05, 3.63) is 54.7 Å². The predicted octanol–water partition coefficient (Wildman–Crippen LogP) is 2.82. The fourth-order valence-corrected chi connectivity index (χ4v) is 2.51. The average Bonchev–Trinajstić information content (AvgIpc) is 3.21. The Kier molecular flexibility index (Phi) is 2.86. The van der Waals surface area contributed by atoms with Crippen molar-refractivity contribution in [3.63, 3.8) is 0 Å². The summed E-state index contributed by atoms with van der Waals surface area (Å²) >= 11 is 0. The van der Waals surface area contributed by atoms with Crippen LogP contribution in [0.2, 0.25) is 0 Å². The number of H-pyrrole nitrogens is 1. The van der Waals surface area contributed by atoms with Gasteiger partial charge in [0.05, 0.1) is 12.8 Å². The fourth-order valence-electron chi connectivity index (χ4n) is 2.51. The first-order valence-corrected chi connectivity index (χ1v) is 6.86. The van der Waals surface area contributed by atoms with Crippen molar-refractivity contribution < 1.29 is 4.74 Å². The van der Waals surface area contributed by atoms with E-state index in [1.807, 2.05) is 54.7 Å². The molecule has 0 bridgehead atoms. The van der Waals surface area contributed by atoms with Gasteiger partial charge >= 0.3 is 0 Å². The van der Waals surface area contributed by atoms with Crippen LogP contribution in [0.4, 0.5) is 0 Å². The van der Waals surface area contributed by atoms with Crippen LogP contribution >= 0.6 is 0 Å². The molecule has 2 heterocycles. The minimum Gasteiger partial charge on any atom is -0.497 e. The largest absolute Gasteiger partial charge is 0.497 e. The molecule has 0 fully saturated rings. The maximum absolute atomic E-state index is 5.18. The van der Waals surface area contributed by atoms with Gasteiger partial charge in [-0.15, -0.1) is 5.10 Å². The summed E-state index contributed by atoms with van der Waals surface area (Å²) in [6.07, 6.45) is 1.93. The Labute approximate surface area is 126 Å². The van der Waals surface area contributed by atoms with Crippen molar-refractivity contribution in [2.75, 3.05) is 7.11 Å². The van der Waals surface area contributed by atoms with Crippen molar-refractivity contribution in [1.82, 2.24) is 25.2 Å². The number of ether oxygens (including phenoxy) is 1.